The monoisotopic (exact) mass is 272 g/mol. The second-order valence-electron chi connectivity index (χ2n) is 5.51. The topological polar surface area (TPSA) is 20.2 Å². The SMILES string of the molecule is CC1CC(C)CC(O)(c2ccc(Cl)c(Cl)c2)C1. The summed E-state index contributed by atoms with van der Waals surface area (Å²) in [6.07, 6.45) is 2.79. The fraction of sp³-hybridized carbons (Fsp3) is 0.571. The van der Waals surface area contributed by atoms with Crippen LogP contribution in [0.4, 0.5) is 0 Å². The number of rotatable bonds is 1. The molecule has 0 spiro atoms. The van der Waals surface area contributed by atoms with Crippen LogP contribution in [0.1, 0.15) is 38.7 Å². The Morgan fingerprint density at radius 3 is 2.24 bits per heavy atom. The van der Waals surface area contributed by atoms with Crippen LogP contribution in [0.15, 0.2) is 18.2 Å². The highest BCUT2D eigenvalue weighted by Crippen LogP contribution is 2.43. The van der Waals surface area contributed by atoms with Crippen LogP contribution in [-0.4, -0.2) is 5.11 Å². The molecule has 0 bridgehead atoms. The molecule has 0 aliphatic heterocycles. The van der Waals surface area contributed by atoms with Crippen molar-refractivity contribution in [1.82, 2.24) is 0 Å². The average molecular weight is 273 g/mol. The van der Waals surface area contributed by atoms with Crippen molar-refractivity contribution in [3.8, 4) is 0 Å². The van der Waals surface area contributed by atoms with Gasteiger partial charge in [0.05, 0.1) is 15.6 Å². The van der Waals surface area contributed by atoms with Crippen LogP contribution in [0.5, 0.6) is 0 Å². The van der Waals surface area contributed by atoms with Crippen LogP contribution < -0.4 is 0 Å². The van der Waals surface area contributed by atoms with Crippen molar-refractivity contribution in [1.29, 1.82) is 0 Å². The van der Waals surface area contributed by atoms with Gasteiger partial charge in [-0.05, 0) is 48.8 Å². The normalized spacial score (nSPS) is 33.7. The van der Waals surface area contributed by atoms with Crippen LogP contribution in [-0.2, 0) is 5.60 Å². The molecule has 1 aliphatic rings. The van der Waals surface area contributed by atoms with Crippen molar-refractivity contribution >= 4 is 23.2 Å². The first-order valence-electron chi connectivity index (χ1n) is 6.08. The van der Waals surface area contributed by atoms with Gasteiger partial charge in [0.15, 0.2) is 0 Å². The maximum atomic E-state index is 10.8. The summed E-state index contributed by atoms with van der Waals surface area (Å²) in [5.74, 6) is 1.08. The van der Waals surface area contributed by atoms with Crippen LogP contribution >= 0.6 is 23.2 Å². The molecule has 0 heterocycles. The summed E-state index contributed by atoms with van der Waals surface area (Å²) in [7, 11) is 0. The van der Waals surface area contributed by atoms with Crippen molar-refractivity contribution in [2.75, 3.05) is 0 Å². The van der Waals surface area contributed by atoms with E-state index >= 15 is 0 Å². The third-order valence-electron chi connectivity index (χ3n) is 3.63. The molecule has 0 amide bonds. The van der Waals surface area contributed by atoms with E-state index in [0.29, 0.717) is 21.9 Å². The number of benzene rings is 1. The quantitative estimate of drug-likeness (QED) is 0.790. The lowest BCUT2D eigenvalue weighted by Crippen LogP contribution is -2.35. The molecule has 0 aromatic heterocycles. The second-order valence-corrected chi connectivity index (χ2v) is 6.33. The van der Waals surface area contributed by atoms with Crippen molar-refractivity contribution in [3.63, 3.8) is 0 Å². The summed E-state index contributed by atoms with van der Waals surface area (Å²) < 4.78 is 0. The van der Waals surface area contributed by atoms with Crippen LogP contribution in [0.3, 0.4) is 0 Å². The molecule has 2 rings (SSSR count). The molecule has 17 heavy (non-hydrogen) atoms. The standard InChI is InChI=1S/C14H18Cl2O/c1-9-5-10(2)8-14(17,7-9)11-3-4-12(15)13(16)6-11/h3-4,6,9-10,17H,5,7-8H2,1-2H3. The van der Waals surface area contributed by atoms with E-state index in [0.717, 1.165) is 18.4 Å². The molecule has 1 aromatic rings. The van der Waals surface area contributed by atoms with Gasteiger partial charge < -0.3 is 5.11 Å². The van der Waals surface area contributed by atoms with Crippen molar-refractivity contribution in [2.24, 2.45) is 11.8 Å². The lowest BCUT2D eigenvalue weighted by molar-refractivity contribution is -0.0362. The zero-order chi connectivity index (χ0) is 12.6. The molecule has 1 aromatic carbocycles. The van der Waals surface area contributed by atoms with Gasteiger partial charge in [-0.3, -0.25) is 0 Å². The van der Waals surface area contributed by atoms with Gasteiger partial charge in [-0.15, -0.1) is 0 Å². The molecule has 1 nitrogen and oxygen atoms in total. The molecule has 2 atom stereocenters. The van der Waals surface area contributed by atoms with Crippen molar-refractivity contribution < 1.29 is 5.11 Å². The minimum absolute atomic E-state index is 0.517. The lowest BCUT2D eigenvalue weighted by atomic mass is 9.71. The van der Waals surface area contributed by atoms with Gasteiger partial charge in [0.1, 0.15) is 0 Å². The third-order valence-corrected chi connectivity index (χ3v) is 4.37. The highest BCUT2D eigenvalue weighted by molar-refractivity contribution is 6.42. The largest absolute Gasteiger partial charge is 0.385 e. The Morgan fingerprint density at radius 2 is 1.71 bits per heavy atom. The first-order valence-corrected chi connectivity index (χ1v) is 6.84. The molecule has 1 N–H and O–H groups in total. The maximum absolute atomic E-state index is 10.8. The fourth-order valence-corrected chi connectivity index (χ4v) is 3.41. The van der Waals surface area contributed by atoms with E-state index in [1.807, 2.05) is 6.07 Å². The van der Waals surface area contributed by atoms with Crippen molar-refractivity contribution in [2.45, 2.75) is 38.7 Å². The fourth-order valence-electron chi connectivity index (χ4n) is 3.11. The Bertz CT molecular complexity index is 407. The molecule has 1 fully saturated rings. The van der Waals surface area contributed by atoms with Gasteiger partial charge in [0.25, 0.3) is 0 Å². The molecule has 0 radical (unpaired) electrons. The molecular formula is C14H18Cl2O. The van der Waals surface area contributed by atoms with Gasteiger partial charge in [0.2, 0.25) is 0 Å². The van der Waals surface area contributed by atoms with Gasteiger partial charge in [-0.2, -0.15) is 0 Å². The highest BCUT2D eigenvalue weighted by atomic mass is 35.5. The number of hydrogen-bond donors (Lipinski definition) is 1. The predicted molar refractivity (Wildman–Crippen MR) is 72.5 cm³/mol. The summed E-state index contributed by atoms with van der Waals surface area (Å²) in [4.78, 5) is 0. The lowest BCUT2D eigenvalue weighted by Gasteiger charge is -2.39. The molecule has 1 aliphatic carbocycles. The van der Waals surface area contributed by atoms with E-state index in [1.165, 1.54) is 6.42 Å². The van der Waals surface area contributed by atoms with Crippen molar-refractivity contribution in [3.05, 3.63) is 33.8 Å². The summed E-state index contributed by atoms with van der Waals surface area (Å²) in [6, 6.07) is 5.45. The van der Waals surface area contributed by atoms with Crippen LogP contribution in [0.25, 0.3) is 0 Å². The van der Waals surface area contributed by atoms with E-state index < -0.39 is 5.60 Å². The maximum Gasteiger partial charge on any atom is 0.0902 e. The Labute approximate surface area is 113 Å². The zero-order valence-corrected chi connectivity index (χ0v) is 11.7. The van der Waals surface area contributed by atoms with Crippen LogP contribution in [0.2, 0.25) is 10.0 Å². The van der Waals surface area contributed by atoms with Gasteiger partial charge >= 0.3 is 0 Å². The van der Waals surface area contributed by atoms with Gasteiger partial charge in [-0.1, -0.05) is 43.1 Å². The minimum atomic E-state index is -0.745. The molecule has 2 unspecified atom stereocenters. The Kier molecular flexibility index (Phi) is 3.72. The Hall–Kier alpha value is -0.240. The first-order chi connectivity index (χ1) is 7.90. The molecule has 3 heteroatoms. The second kappa shape index (κ2) is 4.79. The first kappa shape index (κ1) is 13.2. The van der Waals surface area contributed by atoms with E-state index in [-0.39, 0.29) is 0 Å². The number of aliphatic hydroxyl groups is 1. The summed E-state index contributed by atoms with van der Waals surface area (Å²) in [6.45, 7) is 4.39. The smallest absolute Gasteiger partial charge is 0.0902 e. The van der Waals surface area contributed by atoms with Gasteiger partial charge in [0, 0.05) is 0 Å². The van der Waals surface area contributed by atoms with Crippen LogP contribution in [0, 0.1) is 11.8 Å². The zero-order valence-electron chi connectivity index (χ0n) is 10.2. The van der Waals surface area contributed by atoms with E-state index in [9.17, 15) is 5.11 Å². The summed E-state index contributed by atoms with van der Waals surface area (Å²) in [5.41, 5.74) is 0.149. The van der Waals surface area contributed by atoms with E-state index in [4.69, 9.17) is 23.2 Å². The van der Waals surface area contributed by atoms with E-state index in [1.54, 1.807) is 12.1 Å². The van der Waals surface area contributed by atoms with Gasteiger partial charge in [-0.25, -0.2) is 0 Å². The number of hydrogen-bond acceptors (Lipinski definition) is 1. The minimum Gasteiger partial charge on any atom is -0.385 e. The molecule has 1 saturated carbocycles. The van der Waals surface area contributed by atoms with E-state index in [2.05, 4.69) is 13.8 Å². The third kappa shape index (κ3) is 2.78. The molecule has 0 saturated heterocycles. The average Bonchev–Trinajstić information content (AvgIpc) is 2.19. The Morgan fingerprint density at radius 1 is 1.12 bits per heavy atom. The summed E-state index contributed by atoms with van der Waals surface area (Å²) in [5, 5.41) is 11.9. The predicted octanol–water partition coefficient (Wildman–Crippen LogP) is 4.64. The molecular weight excluding hydrogens is 255 g/mol. The molecule has 94 valence electrons. The highest BCUT2D eigenvalue weighted by Gasteiger charge is 2.37. The number of halogens is 2. The summed E-state index contributed by atoms with van der Waals surface area (Å²) >= 11 is 11.9. The Balaban J connectivity index is 2.33.